The molecule has 3 aromatic heterocycles. The van der Waals surface area contributed by atoms with E-state index in [4.69, 9.17) is 5.11 Å². The molecule has 0 saturated heterocycles. The van der Waals surface area contributed by atoms with Gasteiger partial charge in [0.25, 0.3) is 0 Å². The summed E-state index contributed by atoms with van der Waals surface area (Å²) in [4.78, 5) is 19.3. The zero-order chi connectivity index (χ0) is 21.9. The monoisotopic (exact) mass is 419 g/mol. The molecular weight excluding hydrogens is 399 g/mol. The minimum atomic E-state index is -4.46. The van der Waals surface area contributed by atoms with Gasteiger partial charge < -0.3 is 10.4 Å². The molecule has 7 nitrogen and oxygen atoms in total. The maximum Gasteiger partial charge on any atom is 0.419 e. The summed E-state index contributed by atoms with van der Waals surface area (Å²) in [6, 6.07) is 6.24. The van der Waals surface area contributed by atoms with E-state index in [0.717, 1.165) is 29.1 Å². The number of nitrogens with zero attached hydrogens (tertiary/aromatic N) is 4. The molecule has 0 bridgehead atoms. The van der Waals surface area contributed by atoms with Crippen LogP contribution in [-0.2, 0) is 6.18 Å². The van der Waals surface area contributed by atoms with Gasteiger partial charge in [-0.15, -0.1) is 0 Å². The molecule has 0 aliphatic heterocycles. The van der Waals surface area contributed by atoms with E-state index in [1.54, 1.807) is 24.4 Å². The van der Waals surface area contributed by atoms with Crippen LogP contribution in [0.25, 0.3) is 5.82 Å². The van der Waals surface area contributed by atoms with Crippen LogP contribution in [0, 0.1) is 5.92 Å². The first-order valence-electron chi connectivity index (χ1n) is 9.17. The molecule has 3 rings (SSSR count). The first-order valence-corrected chi connectivity index (χ1v) is 9.17. The second-order valence-corrected chi connectivity index (χ2v) is 7.18. The molecule has 0 saturated carbocycles. The van der Waals surface area contributed by atoms with Gasteiger partial charge in [0.05, 0.1) is 23.4 Å². The Kier molecular flexibility index (Phi) is 6.04. The minimum absolute atomic E-state index is 0.0874. The molecule has 0 fully saturated rings. The first kappa shape index (κ1) is 21.3. The maximum absolute atomic E-state index is 12.8. The molecule has 158 valence electrons. The third-order valence-corrected chi connectivity index (χ3v) is 4.36. The lowest BCUT2D eigenvalue weighted by Crippen LogP contribution is -2.15. The van der Waals surface area contributed by atoms with Crippen molar-refractivity contribution in [1.29, 1.82) is 0 Å². The largest absolute Gasteiger partial charge is 0.478 e. The minimum Gasteiger partial charge on any atom is -0.478 e. The summed E-state index contributed by atoms with van der Waals surface area (Å²) < 4.78 is 39.4. The Morgan fingerprint density at radius 3 is 2.40 bits per heavy atom. The Bertz CT molecular complexity index is 999. The fourth-order valence-corrected chi connectivity index (χ4v) is 2.87. The zero-order valence-corrected chi connectivity index (χ0v) is 16.3. The van der Waals surface area contributed by atoms with Crippen molar-refractivity contribution in [3.63, 3.8) is 0 Å². The molecule has 10 heteroatoms. The number of aromatic nitrogens is 4. The van der Waals surface area contributed by atoms with Gasteiger partial charge in [-0.1, -0.05) is 19.9 Å². The average Bonchev–Trinajstić information content (AvgIpc) is 3.18. The summed E-state index contributed by atoms with van der Waals surface area (Å²) in [5, 5.41) is 16.0. The van der Waals surface area contributed by atoms with Crippen molar-refractivity contribution in [1.82, 2.24) is 19.7 Å². The highest BCUT2D eigenvalue weighted by Crippen LogP contribution is 2.29. The predicted octanol–water partition coefficient (Wildman–Crippen LogP) is 4.58. The van der Waals surface area contributed by atoms with Crippen molar-refractivity contribution in [2.24, 2.45) is 5.92 Å². The number of carboxylic acid groups (broad SMARTS) is 1. The molecule has 0 radical (unpaired) electrons. The molecule has 30 heavy (non-hydrogen) atoms. The standard InChI is InChI=1S/C20H20F3N5O2/c1-12(2)7-16(27-17-5-3-14(9-24-17)19(29)30)13-4-6-18(25-8-13)28-11-15(10-26-28)20(21,22)23/h3-6,8-12,16H,7H2,1-2H3,(H,24,27)(H,29,30). The lowest BCUT2D eigenvalue weighted by Gasteiger charge is -2.21. The molecule has 1 unspecified atom stereocenters. The quantitative estimate of drug-likeness (QED) is 0.582. The van der Waals surface area contributed by atoms with Crippen molar-refractivity contribution in [3.8, 4) is 5.82 Å². The van der Waals surface area contributed by atoms with Gasteiger partial charge in [0.15, 0.2) is 5.82 Å². The van der Waals surface area contributed by atoms with Crippen LogP contribution in [0.4, 0.5) is 19.0 Å². The summed E-state index contributed by atoms with van der Waals surface area (Å²) in [6.07, 6.45) is 0.770. The number of halogens is 3. The van der Waals surface area contributed by atoms with Crippen molar-refractivity contribution in [3.05, 3.63) is 65.7 Å². The lowest BCUT2D eigenvalue weighted by atomic mass is 9.98. The fraction of sp³-hybridized carbons (Fsp3) is 0.300. The van der Waals surface area contributed by atoms with Crippen molar-refractivity contribution >= 4 is 11.8 Å². The Morgan fingerprint density at radius 1 is 1.13 bits per heavy atom. The third-order valence-electron chi connectivity index (χ3n) is 4.36. The number of alkyl halides is 3. The van der Waals surface area contributed by atoms with E-state index >= 15 is 0 Å². The number of nitrogens with one attached hydrogen (secondary N) is 1. The summed E-state index contributed by atoms with van der Waals surface area (Å²) in [5.74, 6) is 0.0545. The number of aromatic carboxylic acids is 1. The molecule has 0 spiro atoms. The highest BCUT2D eigenvalue weighted by atomic mass is 19.4. The van der Waals surface area contributed by atoms with Crippen molar-refractivity contribution in [2.45, 2.75) is 32.5 Å². The molecule has 2 N–H and O–H groups in total. The van der Waals surface area contributed by atoms with E-state index < -0.39 is 17.7 Å². The van der Waals surface area contributed by atoms with E-state index in [0.29, 0.717) is 11.7 Å². The Balaban J connectivity index is 1.80. The van der Waals surface area contributed by atoms with E-state index in [1.807, 2.05) is 0 Å². The van der Waals surface area contributed by atoms with E-state index in [-0.39, 0.29) is 17.4 Å². The summed E-state index contributed by atoms with van der Waals surface area (Å²) >= 11 is 0. The Morgan fingerprint density at radius 2 is 1.90 bits per heavy atom. The molecule has 1 atom stereocenters. The SMILES string of the molecule is CC(C)CC(Nc1ccc(C(=O)O)cn1)c1ccc(-n2cc(C(F)(F)F)cn2)nc1. The van der Waals surface area contributed by atoms with Crippen molar-refractivity contribution in [2.75, 3.05) is 5.32 Å². The highest BCUT2D eigenvalue weighted by molar-refractivity contribution is 5.87. The maximum atomic E-state index is 12.8. The molecular formula is C20H20F3N5O2. The van der Waals surface area contributed by atoms with Crippen LogP contribution < -0.4 is 5.32 Å². The fourth-order valence-electron chi connectivity index (χ4n) is 2.87. The topological polar surface area (TPSA) is 92.9 Å². The van der Waals surface area contributed by atoms with Crippen LogP contribution in [0.15, 0.2) is 49.1 Å². The smallest absolute Gasteiger partial charge is 0.419 e. The van der Waals surface area contributed by atoms with Crippen LogP contribution >= 0.6 is 0 Å². The number of hydrogen-bond donors (Lipinski definition) is 2. The zero-order valence-electron chi connectivity index (χ0n) is 16.3. The van der Waals surface area contributed by atoms with Gasteiger partial charge in [0.2, 0.25) is 0 Å². The normalized spacial score (nSPS) is 12.7. The number of pyridine rings is 2. The summed E-state index contributed by atoms with van der Waals surface area (Å²) in [6.45, 7) is 4.11. The molecule has 3 aromatic rings. The van der Waals surface area contributed by atoms with Crippen LogP contribution in [0.1, 0.15) is 47.8 Å². The van der Waals surface area contributed by atoms with Gasteiger partial charge in [-0.3, -0.25) is 0 Å². The number of rotatable bonds is 7. The summed E-state index contributed by atoms with van der Waals surface area (Å²) in [7, 11) is 0. The number of carbonyl (C=O) groups is 1. The number of carboxylic acids is 1. The van der Waals surface area contributed by atoms with E-state index in [9.17, 15) is 18.0 Å². The second kappa shape index (κ2) is 8.52. The molecule has 0 amide bonds. The van der Waals surface area contributed by atoms with Crippen LogP contribution in [0.5, 0.6) is 0 Å². The molecule has 0 aliphatic rings. The first-order chi connectivity index (χ1) is 14.1. The lowest BCUT2D eigenvalue weighted by molar-refractivity contribution is -0.137. The second-order valence-electron chi connectivity index (χ2n) is 7.18. The van der Waals surface area contributed by atoms with Gasteiger partial charge >= 0.3 is 12.1 Å². The van der Waals surface area contributed by atoms with E-state index in [1.165, 1.54) is 12.3 Å². The molecule has 0 aromatic carbocycles. The predicted molar refractivity (Wildman–Crippen MR) is 103 cm³/mol. The average molecular weight is 419 g/mol. The highest BCUT2D eigenvalue weighted by Gasteiger charge is 2.32. The molecule has 0 aliphatic carbocycles. The van der Waals surface area contributed by atoms with Gasteiger partial charge in [-0.2, -0.15) is 18.3 Å². The Labute approximate surface area is 170 Å². The van der Waals surface area contributed by atoms with Crippen LogP contribution in [0.3, 0.4) is 0 Å². The van der Waals surface area contributed by atoms with E-state index in [2.05, 4.69) is 34.2 Å². The summed E-state index contributed by atoms with van der Waals surface area (Å²) in [5.41, 5.74) is 0.0628. The number of hydrogen-bond acceptors (Lipinski definition) is 5. The van der Waals surface area contributed by atoms with Crippen LogP contribution in [0.2, 0.25) is 0 Å². The van der Waals surface area contributed by atoms with Gasteiger partial charge in [0.1, 0.15) is 5.82 Å². The van der Waals surface area contributed by atoms with Gasteiger partial charge in [-0.05, 0) is 36.1 Å². The van der Waals surface area contributed by atoms with Crippen LogP contribution in [-0.4, -0.2) is 30.8 Å². The number of anilines is 1. The Hall–Kier alpha value is -3.43. The molecule has 3 heterocycles. The third kappa shape index (κ3) is 5.13. The van der Waals surface area contributed by atoms with Crippen molar-refractivity contribution < 1.29 is 23.1 Å². The van der Waals surface area contributed by atoms with Gasteiger partial charge in [-0.25, -0.2) is 19.4 Å². The van der Waals surface area contributed by atoms with Gasteiger partial charge in [0, 0.05) is 18.6 Å².